The number of aryl methyl sites for hydroxylation is 1. The van der Waals surface area contributed by atoms with Crippen LogP contribution in [0.3, 0.4) is 0 Å². The van der Waals surface area contributed by atoms with Crippen LogP contribution in [-0.4, -0.2) is 49.6 Å². The Kier molecular flexibility index (Phi) is 5.10. The molecular weight excluding hydrogens is 255 g/mol. The summed E-state index contributed by atoms with van der Waals surface area (Å²) >= 11 is 0. The van der Waals surface area contributed by atoms with Crippen LogP contribution in [0.15, 0.2) is 18.2 Å². The van der Waals surface area contributed by atoms with E-state index in [1.54, 1.807) is 13.0 Å². The van der Waals surface area contributed by atoms with E-state index in [-0.39, 0.29) is 17.9 Å². The quantitative estimate of drug-likeness (QED) is 0.646. The van der Waals surface area contributed by atoms with Crippen molar-refractivity contribution >= 4 is 0 Å². The minimum absolute atomic E-state index is 0.0735. The number of nitrogens with one attached hydrogen (secondary N) is 1. The Morgan fingerprint density at radius 3 is 2.75 bits per heavy atom. The second-order valence-electron chi connectivity index (χ2n) is 5.82. The molecule has 2 atom stereocenters. The van der Waals surface area contributed by atoms with Gasteiger partial charge in [0, 0.05) is 12.6 Å². The van der Waals surface area contributed by atoms with E-state index >= 15 is 0 Å². The number of hydrazine groups is 1. The zero-order chi connectivity index (χ0) is 14.7. The molecule has 0 amide bonds. The molecule has 0 bridgehead atoms. The fourth-order valence-electron chi connectivity index (χ4n) is 2.90. The number of halogens is 1. The Morgan fingerprint density at radius 1 is 1.35 bits per heavy atom. The van der Waals surface area contributed by atoms with Gasteiger partial charge in [-0.3, -0.25) is 11.3 Å². The molecule has 5 heteroatoms. The summed E-state index contributed by atoms with van der Waals surface area (Å²) < 4.78 is 13.8. The molecule has 0 spiro atoms. The molecule has 1 saturated heterocycles. The third-order valence-electron chi connectivity index (χ3n) is 4.23. The molecule has 1 aromatic carbocycles. The lowest BCUT2D eigenvalue weighted by Gasteiger charge is -2.34. The Bertz CT molecular complexity index is 451. The molecule has 3 N–H and O–H groups in total. The van der Waals surface area contributed by atoms with Crippen molar-refractivity contribution in [3.63, 3.8) is 0 Å². The zero-order valence-electron chi connectivity index (χ0n) is 12.6. The van der Waals surface area contributed by atoms with Crippen LogP contribution in [-0.2, 0) is 0 Å². The van der Waals surface area contributed by atoms with Gasteiger partial charge in [0.1, 0.15) is 5.82 Å². The third kappa shape index (κ3) is 3.35. The van der Waals surface area contributed by atoms with E-state index in [1.165, 1.54) is 0 Å². The van der Waals surface area contributed by atoms with Crippen LogP contribution in [0.4, 0.5) is 4.39 Å². The van der Waals surface area contributed by atoms with Crippen LogP contribution in [0.5, 0.6) is 0 Å². The van der Waals surface area contributed by atoms with Crippen molar-refractivity contribution in [2.24, 2.45) is 5.84 Å². The lowest BCUT2D eigenvalue weighted by atomic mass is 9.97. The van der Waals surface area contributed by atoms with Gasteiger partial charge < -0.3 is 9.80 Å². The minimum atomic E-state index is -0.174. The van der Waals surface area contributed by atoms with Gasteiger partial charge in [-0.15, -0.1) is 0 Å². The van der Waals surface area contributed by atoms with E-state index in [2.05, 4.69) is 29.3 Å². The van der Waals surface area contributed by atoms with Crippen molar-refractivity contribution in [1.29, 1.82) is 0 Å². The first kappa shape index (κ1) is 15.4. The molecule has 1 aliphatic rings. The van der Waals surface area contributed by atoms with Gasteiger partial charge >= 0.3 is 0 Å². The lowest BCUT2D eigenvalue weighted by Crippen LogP contribution is -2.48. The Morgan fingerprint density at radius 2 is 2.10 bits per heavy atom. The van der Waals surface area contributed by atoms with Gasteiger partial charge in [-0.05, 0) is 57.7 Å². The van der Waals surface area contributed by atoms with E-state index < -0.39 is 0 Å². The summed E-state index contributed by atoms with van der Waals surface area (Å²) in [5.74, 6) is 5.59. The highest BCUT2D eigenvalue weighted by atomic mass is 19.1. The lowest BCUT2D eigenvalue weighted by molar-refractivity contribution is 0.178. The number of rotatable bonds is 3. The van der Waals surface area contributed by atoms with Crippen LogP contribution < -0.4 is 11.3 Å². The molecular formula is C15H25FN4. The molecule has 4 nitrogen and oxygen atoms in total. The van der Waals surface area contributed by atoms with Crippen LogP contribution >= 0.6 is 0 Å². The summed E-state index contributed by atoms with van der Waals surface area (Å²) in [6.07, 6.45) is 1.14. The van der Waals surface area contributed by atoms with Crippen molar-refractivity contribution < 1.29 is 4.39 Å². The van der Waals surface area contributed by atoms with Crippen molar-refractivity contribution in [2.75, 3.05) is 33.7 Å². The number of benzene rings is 1. The van der Waals surface area contributed by atoms with E-state index in [1.807, 2.05) is 12.1 Å². The summed E-state index contributed by atoms with van der Waals surface area (Å²) in [7, 11) is 4.23. The predicted molar refractivity (Wildman–Crippen MR) is 79.7 cm³/mol. The smallest absolute Gasteiger partial charge is 0.126 e. The molecule has 1 aromatic rings. The average molecular weight is 280 g/mol. The Hall–Kier alpha value is -1.01. The van der Waals surface area contributed by atoms with Crippen LogP contribution in [0.2, 0.25) is 0 Å². The molecule has 2 rings (SSSR count). The van der Waals surface area contributed by atoms with Crippen LogP contribution in [0.25, 0.3) is 0 Å². The first-order valence-electron chi connectivity index (χ1n) is 7.14. The molecule has 1 aliphatic heterocycles. The van der Waals surface area contributed by atoms with Crippen molar-refractivity contribution in [3.05, 3.63) is 35.1 Å². The van der Waals surface area contributed by atoms with E-state index in [0.717, 1.165) is 31.6 Å². The largest absolute Gasteiger partial charge is 0.305 e. The Balaban J connectivity index is 2.27. The molecule has 0 saturated carbocycles. The van der Waals surface area contributed by atoms with Crippen molar-refractivity contribution in [2.45, 2.75) is 25.4 Å². The predicted octanol–water partition coefficient (Wildman–Crippen LogP) is 1.27. The standard InChI is InChI=1S/C15H25FN4/c1-11-5-6-12(9-13(11)16)15(18-17)14-10-19(2)7-4-8-20(14)3/h5-6,9,14-15,18H,4,7-8,10,17H2,1-3H3. The highest BCUT2D eigenvalue weighted by molar-refractivity contribution is 5.27. The SMILES string of the molecule is Cc1ccc(C(NN)C2CN(C)CCCN2C)cc1F. The zero-order valence-corrected chi connectivity index (χ0v) is 12.6. The fraction of sp³-hybridized carbons (Fsp3) is 0.600. The molecule has 1 fully saturated rings. The molecule has 1 heterocycles. The van der Waals surface area contributed by atoms with E-state index in [4.69, 9.17) is 5.84 Å². The molecule has 0 radical (unpaired) electrons. The molecule has 0 aliphatic carbocycles. The second kappa shape index (κ2) is 6.63. The number of hydrogen-bond acceptors (Lipinski definition) is 4. The van der Waals surface area contributed by atoms with Crippen LogP contribution in [0.1, 0.15) is 23.6 Å². The van der Waals surface area contributed by atoms with Gasteiger partial charge in [0.25, 0.3) is 0 Å². The van der Waals surface area contributed by atoms with Crippen LogP contribution in [0, 0.1) is 12.7 Å². The summed E-state index contributed by atoms with van der Waals surface area (Å²) in [4.78, 5) is 4.62. The first-order chi connectivity index (χ1) is 9.52. The topological polar surface area (TPSA) is 44.5 Å². The maximum atomic E-state index is 13.8. The highest BCUT2D eigenvalue weighted by Crippen LogP contribution is 2.24. The van der Waals surface area contributed by atoms with Gasteiger partial charge in [-0.1, -0.05) is 12.1 Å². The number of hydrogen-bond donors (Lipinski definition) is 2. The molecule has 112 valence electrons. The minimum Gasteiger partial charge on any atom is -0.305 e. The van der Waals surface area contributed by atoms with E-state index in [0.29, 0.717) is 5.56 Å². The highest BCUT2D eigenvalue weighted by Gasteiger charge is 2.29. The third-order valence-corrected chi connectivity index (χ3v) is 4.23. The Labute approximate surface area is 120 Å². The summed E-state index contributed by atoms with van der Waals surface area (Å²) in [5, 5.41) is 0. The van der Waals surface area contributed by atoms with Gasteiger partial charge in [-0.2, -0.15) is 0 Å². The van der Waals surface area contributed by atoms with E-state index in [9.17, 15) is 4.39 Å². The monoisotopic (exact) mass is 280 g/mol. The van der Waals surface area contributed by atoms with Gasteiger partial charge in [0.2, 0.25) is 0 Å². The van der Waals surface area contributed by atoms with Gasteiger partial charge in [-0.25, -0.2) is 4.39 Å². The van der Waals surface area contributed by atoms with Crippen molar-refractivity contribution in [3.8, 4) is 0 Å². The number of nitrogens with two attached hydrogens (primary N) is 1. The molecule has 0 aromatic heterocycles. The fourth-order valence-corrected chi connectivity index (χ4v) is 2.90. The van der Waals surface area contributed by atoms with Gasteiger partial charge in [0.15, 0.2) is 0 Å². The second-order valence-corrected chi connectivity index (χ2v) is 5.82. The molecule has 2 unspecified atom stereocenters. The summed E-state index contributed by atoms with van der Waals surface area (Å²) in [5.41, 5.74) is 4.45. The normalized spacial score (nSPS) is 23.6. The summed E-state index contributed by atoms with van der Waals surface area (Å²) in [6, 6.07) is 5.53. The summed E-state index contributed by atoms with van der Waals surface area (Å²) in [6.45, 7) is 4.80. The van der Waals surface area contributed by atoms with Gasteiger partial charge in [0.05, 0.1) is 6.04 Å². The maximum absolute atomic E-state index is 13.8. The molecule has 20 heavy (non-hydrogen) atoms. The first-order valence-corrected chi connectivity index (χ1v) is 7.14. The maximum Gasteiger partial charge on any atom is 0.126 e. The van der Waals surface area contributed by atoms with Crippen molar-refractivity contribution in [1.82, 2.24) is 15.2 Å². The number of nitrogens with zero attached hydrogens (tertiary/aromatic N) is 2. The number of likely N-dealkylation sites (N-methyl/N-ethyl adjacent to an activating group) is 2. The average Bonchev–Trinajstić information content (AvgIpc) is 2.57.